The molecule has 74 valence electrons. The number of hydrogen-bond donors (Lipinski definition) is 1. The first-order chi connectivity index (χ1) is 6.14. The van der Waals surface area contributed by atoms with Crippen molar-refractivity contribution < 1.29 is 12.9 Å². The van der Waals surface area contributed by atoms with Crippen LogP contribution in [-0.2, 0) is 16.6 Å². The molecule has 1 rings (SSSR count). The molecule has 0 unspecified atom stereocenters. The van der Waals surface area contributed by atoms with Gasteiger partial charge >= 0.3 is 0 Å². The van der Waals surface area contributed by atoms with E-state index in [1.165, 1.54) is 6.26 Å². The average Bonchev–Trinajstić information content (AvgIpc) is 2.52. The number of aromatic nitrogens is 1. The van der Waals surface area contributed by atoms with Crippen LogP contribution in [0.25, 0.3) is 0 Å². The quantitative estimate of drug-likeness (QED) is 0.732. The van der Waals surface area contributed by atoms with Gasteiger partial charge in [-0.3, -0.25) is 0 Å². The Hall–Kier alpha value is -0.590. The van der Waals surface area contributed by atoms with E-state index in [-0.39, 0.29) is 18.2 Å². The van der Waals surface area contributed by atoms with Gasteiger partial charge in [-0.25, -0.2) is 13.1 Å². The number of halogens is 1. The van der Waals surface area contributed by atoms with Gasteiger partial charge in [-0.15, -0.1) is 11.6 Å². The maximum Gasteiger partial charge on any atom is 0.213 e. The van der Waals surface area contributed by atoms with E-state index in [0.717, 1.165) is 0 Å². The minimum atomic E-state index is -3.27. The number of hydrogen-bond acceptors (Lipinski definition) is 4. The lowest BCUT2D eigenvalue weighted by molar-refractivity contribution is 0.411. The maximum absolute atomic E-state index is 11.1. The summed E-state index contributed by atoms with van der Waals surface area (Å²) in [6.45, 7) is 0.135. The Labute approximate surface area is 81.1 Å². The first-order valence-corrected chi connectivity index (χ1v) is 5.75. The van der Waals surface area contributed by atoms with E-state index >= 15 is 0 Å². The third kappa shape index (κ3) is 3.75. The molecule has 0 spiro atoms. The summed E-state index contributed by atoms with van der Waals surface area (Å²) in [4.78, 5) is 0. The molecule has 0 aliphatic carbocycles. The van der Waals surface area contributed by atoms with Crippen molar-refractivity contribution in [3.05, 3.63) is 18.0 Å². The molecule has 0 atom stereocenters. The molecule has 1 aromatic rings. The van der Waals surface area contributed by atoms with E-state index in [2.05, 4.69) is 14.4 Å². The Morgan fingerprint density at radius 1 is 1.62 bits per heavy atom. The smallest absolute Gasteiger partial charge is 0.213 e. The molecule has 0 fully saturated rings. The molecular weight excluding hydrogens is 216 g/mol. The van der Waals surface area contributed by atoms with E-state index in [9.17, 15) is 8.42 Å². The predicted molar refractivity (Wildman–Crippen MR) is 47.8 cm³/mol. The van der Waals surface area contributed by atoms with Gasteiger partial charge in [0.2, 0.25) is 10.0 Å². The van der Waals surface area contributed by atoms with Crippen LogP contribution >= 0.6 is 11.6 Å². The summed E-state index contributed by atoms with van der Waals surface area (Å²) in [5, 5.41) is 3.54. The van der Waals surface area contributed by atoms with E-state index in [1.807, 2.05) is 0 Å². The van der Waals surface area contributed by atoms with Gasteiger partial charge in [-0.05, 0) is 0 Å². The van der Waals surface area contributed by atoms with Crippen LogP contribution in [0.2, 0.25) is 0 Å². The molecule has 13 heavy (non-hydrogen) atoms. The zero-order valence-electron chi connectivity index (χ0n) is 6.73. The number of rotatable bonds is 5. The van der Waals surface area contributed by atoms with Gasteiger partial charge in [0.25, 0.3) is 0 Å². The molecular formula is C6H9ClN2O3S. The van der Waals surface area contributed by atoms with Crippen molar-refractivity contribution in [3.8, 4) is 0 Å². The molecule has 7 heteroatoms. The van der Waals surface area contributed by atoms with Crippen molar-refractivity contribution in [2.45, 2.75) is 6.54 Å². The monoisotopic (exact) mass is 224 g/mol. The van der Waals surface area contributed by atoms with Crippen LogP contribution < -0.4 is 4.72 Å². The topological polar surface area (TPSA) is 72.2 Å². The molecule has 1 N–H and O–H groups in total. The third-order valence-corrected chi connectivity index (χ3v) is 3.05. The van der Waals surface area contributed by atoms with Crippen molar-refractivity contribution in [3.63, 3.8) is 0 Å². The SMILES string of the molecule is O=S(=O)(CCCl)NCc1ccon1. The number of sulfonamides is 1. The van der Waals surface area contributed by atoms with Gasteiger partial charge in [-0.1, -0.05) is 5.16 Å². The highest BCUT2D eigenvalue weighted by atomic mass is 35.5. The summed E-state index contributed by atoms with van der Waals surface area (Å²) >= 11 is 5.29. The van der Waals surface area contributed by atoms with Gasteiger partial charge < -0.3 is 4.52 Å². The highest BCUT2D eigenvalue weighted by Gasteiger charge is 2.09. The summed E-state index contributed by atoms with van der Waals surface area (Å²) in [7, 11) is -3.27. The largest absolute Gasteiger partial charge is 0.364 e. The average molecular weight is 225 g/mol. The Morgan fingerprint density at radius 2 is 2.38 bits per heavy atom. The highest BCUT2D eigenvalue weighted by molar-refractivity contribution is 7.89. The highest BCUT2D eigenvalue weighted by Crippen LogP contribution is 1.95. The zero-order valence-corrected chi connectivity index (χ0v) is 8.31. The fraction of sp³-hybridized carbons (Fsp3) is 0.500. The van der Waals surface area contributed by atoms with Crippen molar-refractivity contribution in [2.75, 3.05) is 11.6 Å². The molecule has 1 heterocycles. The van der Waals surface area contributed by atoms with Crippen molar-refractivity contribution in [1.29, 1.82) is 0 Å². The van der Waals surface area contributed by atoms with Gasteiger partial charge in [-0.2, -0.15) is 0 Å². The molecule has 0 aliphatic rings. The molecule has 0 amide bonds. The second-order valence-corrected chi connectivity index (χ2v) is 4.62. The van der Waals surface area contributed by atoms with E-state index in [4.69, 9.17) is 11.6 Å². The fourth-order valence-corrected chi connectivity index (χ4v) is 2.01. The number of alkyl halides is 1. The summed E-state index contributed by atoms with van der Waals surface area (Å²) in [6, 6.07) is 1.59. The Bertz CT molecular complexity index is 335. The molecule has 1 aromatic heterocycles. The van der Waals surface area contributed by atoms with E-state index in [0.29, 0.717) is 5.69 Å². The Kier molecular flexibility index (Phi) is 3.71. The maximum atomic E-state index is 11.1. The Balaban J connectivity index is 2.43. The fourth-order valence-electron chi connectivity index (χ4n) is 0.686. The molecule has 0 bridgehead atoms. The lowest BCUT2D eigenvalue weighted by atomic mass is 10.5. The van der Waals surface area contributed by atoms with Crippen LogP contribution in [0, 0.1) is 0 Å². The van der Waals surface area contributed by atoms with E-state index in [1.54, 1.807) is 6.07 Å². The first-order valence-electron chi connectivity index (χ1n) is 3.56. The van der Waals surface area contributed by atoms with Crippen molar-refractivity contribution in [2.24, 2.45) is 0 Å². The van der Waals surface area contributed by atoms with Gasteiger partial charge in [0, 0.05) is 11.9 Å². The van der Waals surface area contributed by atoms with Crippen molar-refractivity contribution >= 4 is 21.6 Å². The molecule has 0 aliphatic heterocycles. The second-order valence-electron chi connectivity index (χ2n) is 2.32. The van der Waals surface area contributed by atoms with Gasteiger partial charge in [0.15, 0.2) is 0 Å². The van der Waals surface area contributed by atoms with Crippen molar-refractivity contribution in [1.82, 2.24) is 9.88 Å². The van der Waals surface area contributed by atoms with E-state index < -0.39 is 10.0 Å². The number of nitrogens with zero attached hydrogens (tertiary/aromatic N) is 1. The second kappa shape index (κ2) is 4.59. The molecule has 0 aromatic carbocycles. The summed E-state index contributed by atoms with van der Waals surface area (Å²) < 4.78 is 29.0. The van der Waals surface area contributed by atoms with Crippen LogP contribution in [-0.4, -0.2) is 25.2 Å². The summed E-state index contributed by atoms with van der Waals surface area (Å²) in [6.07, 6.45) is 1.38. The summed E-state index contributed by atoms with van der Waals surface area (Å²) in [5.74, 6) is -0.0133. The van der Waals surface area contributed by atoms with Crippen LogP contribution in [0.5, 0.6) is 0 Å². The van der Waals surface area contributed by atoms with Crippen LogP contribution in [0.3, 0.4) is 0 Å². The molecule has 0 saturated carbocycles. The lowest BCUT2D eigenvalue weighted by Gasteiger charge is -2.01. The van der Waals surface area contributed by atoms with Crippen LogP contribution in [0.15, 0.2) is 16.9 Å². The summed E-state index contributed by atoms with van der Waals surface area (Å²) in [5.41, 5.74) is 0.540. The number of nitrogens with one attached hydrogen (secondary N) is 1. The minimum Gasteiger partial charge on any atom is -0.364 e. The van der Waals surface area contributed by atoms with Crippen LogP contribution in [0.1, 0.15) is 5.69 Å². The molecule has 0 radical (unpaired) electrons. The molecule has 5 nitrogen and oxygen atoms in total. The minimum absolute atomic E-state index is 0.0775. The van der Waals surface area contributed by atoms with Gasteiger partial charge in [0.1, 0.15) is 6.26 Å². The normalized spacial score (nSPS) is 11.8. The standard InChI is InChI=1S/C6H9ClN2O3S/c7-2-4-13(10,11)8-5-6-1-3-12-9-6/h1,3,8H,2,4-5H2. The van der Waals surface area contributed by atoms with Crippen LogP contribution in [0.4, 0.5) is 0 Å². The first kappa shape index (κ1) is 10.5. The predicted octanol–water partition coefficient (Wildman–Crippen LogP) is 0.333. The molecule has 0 saturated heterocycles. The third-order valence-electron chi connectivity index (χ3n) is 1.31. The lowest BCUT2D eigenvalue weighted by Crippen LogP contribution is -2.26. The zero-order chi connectivity index (χ0) is 9.73. The van der Waals surface area contributed by atoms with Gasteiger partial charge in [0.05, 0.1) is 18.0 Å². The Morgan fingerprint density at radius 3 is 2.92 bits per heavy atom.